The summed E-state index contributed by atoms with van der Waals surface area (Å²) in [7, 11) is 0. The average molecular weight is 408 g/mol. The number of aromatic carboxylic acids is 1. The second-order valence-electron chi connectivity index (χ2n) is 10.7. The number of anilines is 1. The van der Waals surface area contributed by atoms with E-state index in [2.05, 4.69) is 13.8 Å². The maximum atomic E-state index is 11.1. The van der Waals surface area contributed by atoms with Crippen LogP contribution in [-0.4, -0.2) is 16.2 Å². The summed E-state index contributed by atoms with van der Waals surface area (Å²) in [4.78, 5) is 11.1. The van der Waals surface area contributed by atoms with Crippen molar-refractivity contribution in [2.75, 3.05) is 5.73 Å². The second kappa shape index (κ2) is 6.16. The Kier molecular flexibility index (Phi) is 3.96. The lowest BCUT2D eigenvalue weighted by atomic mass is 9.39. The molecule has 0 aliphatic heterocycles. The molecule has 30 heavy (non-hydrogen) atoms. The van der Waals surface area contributed by atoms with E-state index in [0.717, 1.165) is 24.8 Å². The van der Waals surface area contributed by atoms with E-state index in [4.69, 9.17) is 15.6 Å². The Morgan fingerprint density at radius 1 is 1.03 bits per heavy atom. The molecule has 0 aromatic heterocycles. The van der Waals surface area contributed by atoms with Gasteiger partial charge in [0.15, 0.2) is 0 Å². The number of phenolic OH excluding ortho intramolecular Hbond substituents is 1. The summed E-state index contributed by atoms with van der Waals surface area (Å²) in [5.41, 5.74) is 8.50. The summed E-state index contributed by atoms with van der Waals surface area (Å²) >= 11 is 0. The predicted octanol–water partition coefficient (Wildman–Crippen LogP) is 5.71. The zero-order valence-corrected chi connectivity index (χ0v) is 17.6. The number of phenols is 1. The van der Waals surface area contributed by atoms with Crippen molar-refractivity contribution in [3.8, 4) is 17.2 Å². The van der Waals surface area contributed by atoms with Gasteiger partial charge in [-0.25, -0.2) is 4.79 Å². The highest BCUT2D eigenvalue weighted by atomic mass is 16.5. The van der Waals surface area contributed by atoms with Gasteiger partial charge < -0.3 is 20.7 Å². The summed E-state index contributed by atoms with van der Waals surface area (Å²) < 4.78 is 6.23. The Bertz CT molecular complexity index is 1010. The number of carboxylic acids is 1. The van der Waals surface area contributed by atoms with Crippen molar-refractivity contribution in [1.82, 2.24) is 0 Å². The van der Waals surface area contributed by atoms with Crippen molar-refractivity contribution in [2.24, 2.45) is 16.7 Å². The zero-order chi connectivity index (χ0) is 21.3. The van der Waals surface area contributed by atoms with Gasteiger partial charge in [-0.05, 0) is 85.6 Å². The van der Waals surface area contributed by atoms with Crippen LogP contribution in [0.15, 0.2) is 36.4 Å². The van der Waals surface area contributed by atoms with Crippen LogP contribution in [0.3, 0.4) is 0 Å². The van der Waals surface area contributed by atoms with Crippen LogP contribution in [0.4, 0.5) is 5.69 Å². The Balaban J connectivity index is 1.57. The van der Waals surface area contributed by atoms with Crippen LogP contribution in [0.1, 0.15) is 68.3 Å². The van der Waals surface area contributed by atoms with E-state index in [-0.39, 0.29) is 16.7 Å². The van der Waals surface area contributed by atoms with Crippen LogP contribution >= 0.6 is 0 Å². The molecule has 2 aromatic rings. The zero-order valence-electron chi connectivity index (χ0n) is 17.6. The summed E-state index contributed by atoms with van der Waals surface area (Å²) in [5.74, 6) is 0.931. The third-order valence-electron chi connectivity index (χ3n) is 7.66. The summed E-state index contributed by atoms with van der Waals surface area (Å²) in [6, 6.07) is 9.91. The van der Waals surface area contributed by atoms with E-state index < -0.39 is 5.97 Å². The topological polar surface area (TPSA) is 92.8 Å². The van der Waals surface area contributed by atoms with Crippen molar-refractivity contribution >= 4 is 11.7 Å². The molecule has 0 spiro atoms. The van der Waals surface area contributed by atoms with E-state index in [1.807, 2.05) is 6.07 Å². The van der Waals surface area contributed by atoms with Crippen LogP contribution in [0.2, 0.25) is 0 Å². The van der Waals surface area contributed by atoms with Gasteiger partial charge in [-0.3, -0.25) is 0 Å². The van der Waals surface area contributed by atoms with E-state index >= 15 is 0 Å². The Labute approximate surface area is 176 Å². The first-order chi connectivity index (χ1) is 14.1. The molecule has 0 saturated heterocycles. The smallest absolute Gasteiger partial charge is 0.335 e. The minimum atomic E-state index is -0.970. The lowest BCUT2D eigenvalue weighted by Crippen LogP contribution is -2.56. The number of carboxylic acid groups (broad SMARTS) is 1. The first-order valence-electron chi connectivity index (χ1n) is 10.7. The van der Waals surface area contributed by atoms with Gasteiger partial charge in [0.05, 0.1) is 11.3 Å². The monoisotopic (exact) mass is 407 g/mol. The van der Waals surface area contributed by atoms with Crippen molar-refractivity contribution in [1.29, 1.82) is 0 Å². The van der Waals surface area contributed by atoms with E-state index in [0.29, 0.717) is 33.9 Å². The molecule has 4 N–H and O–H groups in total. The standard InChI is InChI=1S/C25H29NO4/c1-23-9-15-10-24(2,12-23)14-25(11-15,13-23)18-7-19(26)20(27)8-21(18)30-17-5-3-16(4-6-17)22(28)29/h3-8,15,27H,9-14,26H2,1-2H3,(H,28,29). The fourth-order valence-electron chi connectivity index (χ4n) is 7.63. The first kappa shape index (κ1) is 19.3. The minimum Gasteiger partial charge on any atom is -0.506 e. The van der Waals surface area contributed by atoms with Crippen LogP contribution in [-0.2, 0) is 5.41 Å². The molecule has 2 unspecified atom stereocenters. The molecule has 2 aromatic carbocycles. The molecule has 5 heteroatoms. The lowest BCUT2D eigenvalue weighted by Gasteiger charge is -2.65. The van der Waals surface area contributed by atoms with E-state index in [1.165, 1.54) is 31.4 Å². The van der Waals surface area contributed by atoms with Gasteiger partial charge in [0, 0.05) is 17.0 Å². The van der Waals surface area contributed by atoms with Crippen LogP contribution in [0.5, 0.6) is 17.2 Å². The van der Waals surface area contributed by atoms with E-state index in [1.54, 1.807) is 18.2 Å². The van der Waals surface area contributed by atoms with Crippen LogP contribution in [0, 0.1) is 16.7 Å². The first-order valence-corrected chi connectivity index (χ1v) is 10.7. The Hall–Kier alpha value is -2.69. The number of nitrogens with two attached hydrogens (primary N) is 1. The highest BCUT2D eigenvalue weighted by Gasteiger charge is 2.61. The second-order valence-corrected chi connectivity index (χ2v) is 10.7. The average Bonchev–Trinajstić information content (AvgIpc) is 2.62. The lowest BCUT2D eigenvalue weighted by molar-refractivity contribution is -0.110. The molecule has 158 valence electrons. The van der Waals surface area contributed by atoms with Gasteiger partial charge in [-0.15, -0.1) is 0 Å². The molecule has 0 heterocycles. The van der Waals surface area contributed by atoms with Gasteiger partial charge in [-0.1, -0.05) is 13.8 Å². The summed E-state index contributed by atoms with van der Waals surface area (Å²) in [6.45, 7) is 4.86. The molecule has 0 amide bonds. The number of aromatic hydroxyl groups is 1. The Morgan fingerprint density at radius 3 is 2.23 bits per heavy atom. The maximum Gasteiger partial charge on any atom is 0.335 e. The van der Waals surface area contributed by atoms with Gasteiger partial charge in [0.25, 0.3) is 0 Å². The van der Waals surface area contributed by atoms with Gasteiger partial charge in [0.2, 0.25) is 0 Å². The maximum absolute atomic E-state index is 11.1. The molecule has 5 nitrogen and oxygen atoms in total. The van der Waals surface area contributed by atoms with Crippen molar-refractivity contribution in [2.45, 2.75) is 57.8 Å². The molecular weight excluding hydrogens is 378 g/mol. The highest BCUT2D eigenvalue weighted by Crippen LogP contribution is 2.70. The predicted molar refractivity (Wildman–Crippen MR) is 115 cm³/mol. The molecule has 2 atom stereocenters. The highest BCUT2D eigenvalue weighted by molar-refractivity contribution is 5.87. The van der Waals surface area contributed by atoms with Crippen LogP contribution < -0.4 is 10.5 Å². The SMILES string of the molecule is CC12CC3CC(C)(C1)CC(c1cc(N)c(O)cc1Oc1ccc(C(=O)O)cc1)(C3)C2. The van der Waals surface area contributed by atoms with Gasteiger partial charge >= 0.3 is 5.97 Å². The summed E-state index contributed by atoms with van der Waals surface area (Å²) in [6.07, 6.45) is 7.24. The van der Waals surface area contributed by atoms with Crippen molar-refractivity contribution < 1.29 is 19.7 Å². The molecule has 4 saturated carbocycles. The number of hydrogen-bond acceptors (Lipinski definition) is 4. The molecule has 4 fully saturated rings. The van der Waals surface area contributed by atoms with Crippen LogP contribution in [0.25, 0.3) is 0 Å². The van der Waals surface area contributed by atoms with E-state index in [9.17, 15) is 9.90 Å². The van der Waals surface area contributed by atoms with Gasteiger partial charge in [0.1, 0.15) is 17.2 Å². The normalized spacial score (nSPS) is 34.1. The largest absolute Gasteiger partial charge is 0.506 e. The molecule has 0 radical (unpaired) electrons. The fraction of sp³-hybridized carbons (Fsp3) is 0.480. The third-order valence-corrected chi connectivity index (χ3v) is 7.66. The molecule has 4 aliphatic rings. The quantitative estimate of drug-likeness (QED) is 0.446. The number of rotatable bonds is 4. The minimum absolute atomic E-state index is 0.00107. The third kappa shape index (κ3) is 3.03. The fourth-order valence-corrected chi connectivity index (χ4v) is 7.63. The number of ether oxygens (including phenoxy) is 1. The summed E-state index contributed by atoms with van der Waals surface area (Å²) in [5, 5.41) is 19.5. The Morgan fingerprint density at radius 2 is 1.67 bits per heavy atom. The van der Waals surface area contributed by atoms with Crippen molar-refractivity contribution in [3.05, 3.63) is 47.5 Å². The molecule has 4 aliphatic carbocycles. The van der Waals surface area contributed by atoms with Gasteiger partial charge in [-0.2, -0.15) is 0 Å². The molecular formula is C25H29NO4. The number of hydrogen-bond donors (Lipinski definition) is 3. The molecule has 6 rings (SSSR count). The van der Waals surface area contributed by atoms with Crippen molar-refractivity contribution in [3.63, 3.8) is 0 Å². The number of carbonyl (C=O) groups is 1. The molecule has 4 bridgehead atoms. The number of nitrogen functional groups attached to an aromatic ring is 1. The number of benzene rings is 2.